The molecule has 2 saturated heterocycles. The van der Waals surface area contributed by atoms with Crippen LogP contribution in [0.2, 0.25) is 0 Å². The number of hydrogen-bond donors (Lipinski definition) is 1. The van der Waals surface area contributed by atoms with Crippen LogP contribution >= 0.6 is 24.0 Å². The van der Waals surface area contributed by atoms with Crippen LogP contribution in [0, 0.1) is 11.7 Å². The zero-order valence-electron chi connectivity index (χ0n) is 15.0. The molecule has 1 atom stereocenters. The van der Waals surface area contributed by atoms with Gasteiger partial charge in [0.2, 0.25) is 0 Å². The van der Waals surface area contributed by atoms with Crippen molar-refractivity contribution in [3.05, 3.63) is 24.0 Å². The number of cyclic esters (lactones) is 1. The van der Waals surface area contributed by atoms with Crippen molar-refractivity contribution in [2.75, 3.05) is 47.5 Å². The van der Waals surface area contributed by atoms with Gasteiger partial charge in [-0.2, -0.15) is 11.8 Å². The average Bonchev–Trinajstić information content (AvgIpc) is 3.01. The highest BCUT2D eigenvalue weighted by molar-refractivity contribution is 7.99. The quantitative estimate of drug-likeness (QED) is 0.770. The number of carbonyl (C=O) groups is 1. The van der Waals surface area contributed by atoms with E-state index in [0.717, 1.165) is 29.6 Å². The lowest BCUT2D eigenvalue weighted by atomic mass is 10.2. The average molecular weight is 398 g/mol. The standard InChI is InChI=1S/C18H24FN3O2S2/c1-12(2)17(25)20-10-14-11-22(18(23)24-14)13-3-4-16(15(19)9-13)21-5-7-26-8-6-21/h3-4,9,12,14H,5-8,10-11H2,1-2H3,(H,20,25). The number of anilines is 2. The molecule has 1 amide bonds. The minimum Gasteiger partial charge on any atom is -0.442 e. The Morgan fingerprint density at radius 2 is 2.15 bits per heavy atom. The molecule has 0 spiro atoms. The predicted octanol–water partition coefficient (Wildman–Crippen LogP) is 3.28. The molecule has 142 valence electrons. The third-order valence-corrected chi connectivity index (χ3v) is 6.06. The molecule has 0 aliphatic carbocycles. The smallest absolute Gasteiger partial charge is 0.414 e. The number of amides is 1. The SMILES string of the molecule is CC(C)C(=S)NCC1CN(c2ccc(N3CCSCC3)c(F)c2)C(=O)O1. The summed E-state index contributed by atoms with van der Waals surface area (Å²) in [6.07, 6.45) is -0.755. The summed E-state index contributed by atoms with van der Waals surface area (Å²) >= 11 is 7.12. The lowest BCUT2D eigenvalue weighted by Gasteiger charge is -2.29. The third-order valence-electron chi connectivity index (χ3n) is 4.50. The minimum absolute atomic E-state index is 0.244. The molecule has 5 nitrogen and oxygen atoms in total. The fourth-order valence-corrected chi connectivity index (χ4v) is 3.97. The third kappa shape index (κ3) is 4.40. The highest BCUT2D eigenvalue weighted by atomic mass is 32.2. The Hall–Kier alpha value is -1.54. The van der Waals surface area contributed by atoms with Crippen LogP contribution < -0.4 is 15.1 Å². The Bertz CT molecular complexity index is 680. The van der Waals surface area contributed by atoms with Gasteiger partial charge in [0, 0.05) is 30.5 Å². The zero-order chi connectivity index (χ0) is 18.7. The second-order valence-corrected chi connectivity index (χ2v) is 8.42. The van der Waals surface area contributed by atoms with Crippen LogP contribution in [0.5, 0.6) is 0 Å². The van der Waals surface area contributed by atoms with E-state index in [-0.39, 0.29) is 17.8 Å². The molecule has 2 aliphatic heterocycles. The molecule has 2 fully saturated rings. The molecule has 0 aromatic heterocycles. The number of thioether (sulfide) groups is 1. The molecule has 1 aromatic carbocycles. The molecule has 0 saturated carbocycles. The maximum Gasteiger partial charge on any atom is 0.414 e. The van der Waals surface area contributed by atoms with Gasteiger partial charge in [-0.15, -0.1) is 0 Å². The van der Waals surface area contributed by atoms with Crippen LogP contribution in [0.4, 0.5) is 20.6 Å². The number of carbonyl (C=O) groups excluding carboxylic acids is 1. The van der Waals surface area contributed by atoms with Gasteiger partial charge >= 0.3 is 6.09 Å². The summed E-state index contributed by atoms with van der Waals surface area (Å²) in [5, 5.41) is 3.12. The van der Waals surface area contributed by atoms with Crippen molar-refractivity contribution in [1.82, 2.24) is 5.32 Å². The van der Waals surface area contributed by atoms with E-state index in [0.29, 0.717) is 24.5 Å². The van der Waals surface area contributed by atoms with E-state index in [9.17, 15) is 9.18 Å². The molecule has 2 heterocycles. The Morgan fingerprint density at radius 1 is 1.42 bits per heavy atom. The number of nitrogens with one attached hydrogen (secondary N) is 1. The Morgan fingerprint density at radius 3 is 2.81 bits per heavy atom. The Balaban J connectivity index is 1.64. The van der Waals surface area contributed by atoms with Gasteiger partial charge in [0.1, 0.15) is 11.9 Å². The van der Waals surface area contributed by atoms with Crippen molar-refractivity contribution < 1.29 is 13.9 Å². The summed E-state index contributed by atoms with van der Waals surface area (Å²) in [5.41, 5.74) is 1.12. The van der Waals surface area contributed by atoms with Gasteiger partial charge in [-0.25, -0.2) is 9.18 Å². The molecule has 1 unspecified atom stereocenters. The molecule has 0 bridgehead atoms. The van der Waals surface area contributed by atoms with Gasteiger partial charge < -0.3 is 15.0 Å². The lowest BCUT2D eigenvalue weighted by Crippen LogP contribution is -2.35. The summed E-state index contributed by atoms with van der Waals surface area (Å²) in [6.45, 7) is 6.55. The van der Waals surface area contributed by atoms with Crippen LogP contribution in [0.25, 0.3) is 0 Å². The molecule has 0 radical (unpaired) electrons. The van der Waals surface area contributed by atoms with Gasteiger partial charge in [0.05, 0.1) is 29.5 Å². The zero-order valence-corrected chi connectivity index (χ0v) is 16.7. The van der Waals surface area contributed by atoms with Crippen molar-refractivity contribution in [3.63, 3.8) is 0 Å². The van der Waals surface area contributed by atoms with Crippen LogP contribution in [0.3, 0.4) is 0 Å². The fourth-order valence-electron chi connectivity index (χ4n) is 2.98. The molecule has 3 rings (SSSR count). The van der Waals surface area contributed by atoms with E-state index in [1.54, 1.807) is 12.1 Å². The maximum absolute atomic E-state index is 14.6. The van der Waals surface area contributed by atoms with Crippen LogP contribution in [0.1, 0.15) is 13.8 Å². The highest BCUT2D eigenvalue weighted by Crippen LogP contribution is 2.29. The van der Waals surface area contributed by atoms with Crippen LogP contribution in [-0.2, 0) is 4.74 Å². The summed E-state index contributed by atoms with van der Waals surface area (Å²) in [7, 11) is 0. The van der Waals surface area contributed by atoms with E-state index in [1.807, 2.05) is 25.6 Å². The molecule has 2 aliphatic rings. The summed E-state index contributed by atoms with van der Waals surface area (Å²) in [4.78, 5) is 16.4. The first-order valence-corrected chi connectivity index (χ1v) is 10.4. The van der Waals surface area contributed by atoms with Crippen LogP contribution in [0.15, 0.2) is 18.2 Å². The number of benzene rings is 1. The Kier molecular flexibility index (Phi) is 6.24. The first-order valence-electron chi connectivity index (χ1n) is 8.84. The van der Waals surface area contributed by atoms with Gasteiger partial charge in [0.25, 0.3) is 0 Å². The largest absolute Gasteiger partial charge is 0.442 e. The second-order valence-electron chi connectivity index (χ2n) is 6.75. The topological polar surface area (TPSA) is 44.8 Å². The normalized spacial score (nSPS) is 20.5. The van der Waals surface area contributed by atoms with E-state index < -0.39 is 6.09 Å². The fraction of sp³-hybridized carbons (Fsp3) is 0.556. The number of rotatable bonds is 5. The second kappa shape index (κ2) is 8.43. The monoisotopic (exact) mass is 397 g/mol. The number of hydrogen-bond acceptors (Lipinski definition) is 5. The maximum atomic E-state index is 14.6. The first-order chi connectivity index (χ1) is 12.5. The van der Waals surface area contributed by atoms with Gasteiger partial charge in [-0.3, -0.25) is 4.90 Å². The van der Waals surface area contributed by atoms with Crippen molar-refractivity contribution >= 4 is 46.4 Å². The minimum atomic E-state index is -0.450. The molecule has 8 heteroatoms. The summed E-state index contributed by atoms with van der Waals surface area (Å²) in [5.74, 6) is 1.96. The van der Waals surface area contributed by atoms with Crippen molar-refractivity contribution in [3.8, 4) is 0 Å². The molecular weight excluding hydrogens is 373 g/mol. The Labute approximate surface area is 163 Å². The van der Waals surface area contributed by atoms with Gasteiger partial charge in [-0.05, 0) is 18.2 Å². The molecule has 1 aromatic rings. The number of thiocarbonyl (C=S) groups is 1. The predicted molar refractivity (Wildman–Crippen MR) is 109 cm³/mol. The lowest BCUT2D eigenvalue weighted by molar-refractivity contribution is 0.143. The number of halogens is 1. The molecule has 1 N–H and O–H groups in total. The molecular formula is C18H24FN3O2S2. The summed E-state index contributed by atoms with van der Waals surface area (Å²) in [6, 6.07) is 4.97. The van der Waals surface area contributed by atoms with Crippen molar-refractivity contribution in [2.45, 2.75) is 20.0 Å². The van der Waals surface area contributed by atoms with Crippen molar-refractivity contribution in [2.24, 2.45) is 5.92 Å². The van der Waals surface area contributed by atoms with E-state index in [1.165, 1.54) is 11.0 Å². The molecule has 26 heavy (non-hydrogen) atoms. The number of ether oxygens (including phenoxy) is 1. The van der Waals surface area contributed by atoms with Crippen molar-refractivity contribution in [1.29, 1.82) is 0 Å². The van der Waals surface area contributed by atoms with E-state index in [4.69, 9.17) is 17.0 Å². The van der Waals surface area contributed by atoms with Gasteiger partial charge in [-0.1, -0.05) is 26.1 Å². The highest BCUT2D eigenvalue weighted by Gasteiger charge is 2.33. The first kappa shape index (κ1) is 19.2. The van der Waals surface area contributed by atoms with E-state index >= 15 is 0 Å². The van der Waals surface area contributed by atoms with E-state index in [2.05, 4.69) is 10.2 Å². The summed E-state index contributed by atoms with van der Waals surface area (Å²) < 4.78 is 20.0. The van der Waals surface area contributed by atoms with Gasteiger partial charge in [0.15, 0.2) is 0 Å². The number of nitrogens with zero attached hydrogens (tertiary/aromatic N) is 2. The van der Waals surface area contributed by atoms with Crippen LogP contribution in [-0.4, -0.2) is 54.9 Å².